The average molecular weight is 263 g/mol. The van der Waals surface area contributed by atoms with E-state index in [9.17, 15) is 5.11 Å². The molecular formula is C15H25N3O. The number of fused-ring (bicyclic) bond motifs is 1. The van der Waals surface area contributed by atoms with Crippen LogP contribution in [0, 0.1) is 5.92 Å². The van der Waals surface area contributed by atoms with Crippen LogP contribution in [0.3, 0.4) is 0 Å². The van der Waals surface area contributed by atoms with Gasteiger partial charge in [-0.25, -0.2) is 4.98 Å². The van der Waals surface area contributed by atoms with Crippen LogP contribution in [-0.2, 0) is 13.0 Å². The molecule has 106 valence electrons. The molecule has 0 aromatic carbocycles. The normalized spacial score (nSPS) is 28.3. The highest BCUT2D eigenvalue weighted by atomic mass is 16.3. The Morgan fingerprint density at radius 2 is 2.26 bits per heavy atom. The largest absolute Gasteiger partial charge is 0.396 e. The van der Waals surface area contributed by atoms with Gasteiger partial charge in [-0.15, -0.1) is 0 Å². The lowest BCUT2D eigenvalue weighted by Gasteiger charge is -2.33. The molecule has 2 aliphatic rings. The van der Waals surface area contributed by atoms with Crippen molar-refractivity contribution in [2.45, 2.75) is 51.6 Å². The van der Waals surface area contributed by atoms with Crippen molar-refractivity contribution in [3.8, 4) is 0 Å². The molecule has 2 atom stereocenters. The monoisotopic (exact) mass is 263 g/mol. The first-order chi connectivity index (χ1) is 9.31. The Bertz CT molecular complexity index is 429. The minimum Gasteiger partial charge on any atom is -0.396 e. The molecule has 1 aromatic rings. The highest BCUT2D eigenvalue weighted by molar-refractivity contribution is 5.12. The van der Waals surface area contributed by atoms with Gasteiger partial charge in [0.1, 0.15) is 5.82 Å². The maximum atomic E-state index is 9.31. The molecule has 0 saturated carbocycles. The Kier molecular flexibility index (Phi) is 3.89. The van der Waals surface area contributed by atoms with Gasteiger partial charge in [-0.3, -0.25) is 4.90 Å². The molecule has 3 heterocycles. The standard InChI is InChI=1S/C15H25N3O/c1-2-17-8-4-3-5-14(17)13-10-18-9-12(11-19)6-7-15(18)16-13/h10,12,14,19H,2-9,11H2,1H3. The molecular weight excluding hydrogens is 238 g/mol. The van der Waals surface area contributed by atoms with E-state index >= 15 is 0 Å². The van der Waals surface area contributed by atoms with Crippen molar-refractivity contribution in [3.63, 3.8) is 0 Å². The maximum Gasteiger partial charge on any atom is 0.109 e. The average Bonchev–Trinajstić information content (AvgIpc) is 2.89. The number of likely N-dealkylation sites (tertiary alicyclic amines) is 1. The molecule has 0 radical (unpaired) electrons. The first kappa shape index (κ1) is 13.1. The van der Waals surface area contributed by atoms with Crippen LogP contribution in [0.4, 0.5) is 0 Å². The molecule has 2 unspecified atom stereocenters. The SMILES string of the molecule is CCN1CCCCC1c1cn2c(n1)CCC(CO)C2. The summed E-state index contributed by atoms with van der Waals surface area (Å²) in [4.78, 5) is 7.44. The molecule has 4 heteroatoms. The van der Waals surface area contributed by atoms with Crippen molar-refractivity contribution in [2.24, 2.45) is 5.92 Å². The summed E-state index contributed by atoms with van der Waals surface area (Å²) in [7, 11) is 0. The zero-order valence-electron chi connectivity index (χ0n) is 11.9. The number of aromatic nitrogens is 2. The van der Waals surface area contributed by atoms with Crippen molar-refractivity contribution in [2.75, 3.05) is 19.7 Å². The maximum absolute atomic E-state index is 9.31. The third-order valence-electron chi connectivity index (χ3n) is 4.73. The van der Waals surface area contributed by atoms with Crippen LogP contribution in [0.2, 0.25) is 0 Å². The van der Waals surface area contributed by atoms with Crippen LogP contribution in [0.1, 0.15) is 50.2 Å². The number of imidazole rings is 1. The Morgan fingerprint density at radius 3 is 3.05 bits per heavy atom. The summed E-state index contributed by atoms with van der Waals surface area (Å²) in [5.74, 6) is 1.64. The number of piperidine rings is 1. The van der Waals surface area contributed by atoms with Gasteiger partial charge in [0.05, 0.1) is 11.7 Å². The predicted molar refractivity (Wildman–Crippen MR) is 75.0 cm³/mol. The van der Waals surface area contributed by atoms with E-state index in [1.807, 2.05) is 0 Å². The van der Waals surface area contributed by atoms with Crippen LogP contribution < -0.4 is 0 Å². The first-order valence-electron chi connectivity index (χ1n) is 7.72. The van der Waals surface area contributed by atoms with E-state index in [0.29, 0.717) is 18.6 Å². The van der Waals surface area contributed by atoms with E-state index in [1.165, 1.54) is 37.3 Å². The summed E-state index contributed by atoms with van der Waals surface area (Å²) < 4.78 is 2.28. The molecule has 0 bridgehead atoms. The zero-order chi connectivity index (χ0) is 13.2. The van der Waals surface area contributed by atoms with Gasteiger partial charge in [0.25, 0.3) is 0 Å². The van der Waals surface area contributed by atoms with Gasteiger partial charge >= 0.3 is 0 Å². The number of nitrogens with zero attached hydrogens (tertiary/aromatic N) is 3. The van der Waals surface area contributed by atoms with E-state index in [1.54, 1.807) is 0 Å². The van der Waals surface area contributed by atoms with Crippen LogP contribution in [0.15, 0.2) is 6.20 Å². The van der Waals surface area contributed by atoms with Crippen LogP contribution >= 0.6 is 0 Å². The van der Waals surface area contributed by atoms with E-state index in [4.69, 9.17) is 4.98 Å². The Labute approximate surface area is 115 Å². The number of aliphatic hydroxyl groups is 1. The fourth-order valence-corrected chi connectivity index (χ4v) is 3.55. The lowest BCUT2D eigenvalue weighted by molar-refractivity contribution is 0.154. The third kappa shape index (κ3) is 2.56. The summed E-state index contributed by atoms with van der Waals surface area (Å²) in [6.45, 7) is 5.82. The number of rotatable bonds is 3. The highest BCUT2D eigenvalue weighted by Gasteiger charge is 2.27. The number of hydrogen-bond acceptors (Lipinski definition) is 3. The molecule has 0 amide bonds. The summed E-state index contributed by atoms with van der Waals surface area (Å²) >= 11 is 0. The molecule has 1 saturated heterocycles. The topological polar surface area (TPSA) is 41.3 Å². The van der Waals surface area contributed by atoms with E-state index in [-0.39, 0.29) is 0 Å². The van der Waals surface area contributed by atoms with Gasteiger partial charge in [0.2, 0.25) is 0 Å². The van der Waals surface area contributed by atoms with E-state index in [0.717, 1.165) is 25.9 Å². The summed E-state index contributed by atoms with van der Waals surface area (Å²) in [5, 5.41) is 9.31. The molecule has 1 N–H and O–H groups in total. The van der Waals surface area contributed by atoms with Gasteiger partial charge < -0.3 is 9.67 Å². The fourth-order valence-electron chi connectivity index (χ4n) is 3.55. The molecule has 1 aromatic heterocycles. The van der Waals surface area contributed by atoms with Gasteiger partial charge in [-0.05, 0) is 32.4 Å². The second-order valence-corrected chi connectivity index (χ2v) is 5.96. The zero-order valence-corrected chi connectivity index (χ0v) is 11.9. The molecule has 19 heavy (non-hydrogen) atoms. The van der Waals surface area contributed by atoms with Crippen molar-refractivity contribution >= 4 is 0 Å². The molecule has 0 aliphatic carbocycles. The number of hydrogen-bond donors (Lipinski definition) is 1. The number of aryl methyl sites for hydroxylation is 1. The quantitative estimate of drug-likeness (QED) is 0.906. The lowest BCUT2D eigenvalue weighted by atomic mass is 10.00. The predicted octanol–water partition coefficient (Wildman–Crippen LogP) is 1.98. The molecule has 3 rings (SSSR count). The van der Waals surface area contributed by atoms with Crippen LogP contribution in [-0.4, -0.2) is 39.3 Å². The van der Waals surface area contributed by atoms with Crippen molar-refractivity contribution < 1.29 is 5.11 Å². The number of aliphatic hydroxyl groups excluding tert-OH is 1. The first-order valence-corrected chi connectivity index (χ1v) is 7.72. The van der Waals surface area contributed by atoms with E-state index < -0.39 is 0 Å². The summed E-state index contributed by atoms with van der Waals surface area (Å²) in [6.07, 6.45) is 8.23. The minimum atomic E-state index is 0.303. The minimum absolute atomic E-state index is 0.303. The molecule has 2 aliphatic heterocycles. The third-order valence-corrected chi connectivity index (χ3v) is 4.73. The molecule has 1 fully saturated rings. The lowest BCUT2D eigenvalue weighted by Crippen LogP contribution is -2.33. The van der Waals surface area contributed by atoms with Crippen LogP contribution in [0.25, 0.3) is 0 Å². The second-order valence-electron chi connectivity index (χ2n) is 5.96. The van der Waals surface area contributed by atoms with Gasteiger partial charge in [0.15, 0.2) is 0 Å². The molecule has 0 spiro atoms. The van der Waals surface area contributed by atoms with Gasteiger partial charge in [-0.2, -0.15) is 0 Å². The Balaban J connectivity index is 1.80. The van der Waals surface area contributed by atoms with Gasteiger partial charge in [0, 0.05) is 31.7 Å². The Morgan fingerprint density at radius 1 is 1.37 bits per heavy atom. The molecule has 4 nitrogen and oxygen atoms in total. The van der Waals surface area contributed by atoms with Gasteiger partial charge in [-0.1, -0.05) is 13.3 Å². The second kappa shape index (κ2) is 5.63. The fraction of sp³-hybridized carbons (Fsp3) is 0.800. The smallest absolute Gasteiger partial charge is 0.109 e. The summed E-state index contributed by atoms with van der Waals surface area (Å²) in [6, 6.07) is 0.518. The van der Waals surface area contributed by atoms with Crippen molar-refractivity contribution in [1.82, 2.24) is 14.5 Å². The highest BCUT2D eigenvalue weighted by Crippen LogP contribution is 2.31. The van der Waals surface area contributed by atoms with Crippen molar-refractivity contribution in [3.05, 3.63) is 17.7 Å². The Hall–Kier alpha value is -0.870. The van der Waals surface area contributed by atoms with E-state index in [2.05, 4.69) is 22.6 Å². The van der Waals surface area contributed by atoms with Crippen molar-refractivity contribution in [1.29, 1.82) is 0 Å². The van der Waals surface area contributed by atoms with Crippen LogP contribution in [0.5, 0.6) is 0 Å². The summed E-state index contributed by atoms with van der Waals surface area (Å²) in [5.41, 5.74) is 1.26.